The molecule has 0 saturated heterocycles. The molecule has 1 aliphatic carbocycles. The Labute approximate surface area is 109 Å². The molecule has 0 amide bonds. The summed E-state index contributed by atoms with van der Waals surface area (Å²) in [6, 6.07) is 6.58. The highest BCUT2D eigenvalue weighted by Crippen LogP contribution is 2.36. The van der Waals surface area contributed by atoms with E-state index in [1.54, 1.807) is 38.4 Å². The first kappa shape index (κ1) is 13.4. The van der Waals surface area contributed by atoms with Crippen molar-refractivity contribution in [1.82, 2.24) is 4.31 Å². The molecule has 5 heteroatoms. The second-order valence-electron chi connectivity index (χ2n) is 4.77. The van der Waals surface area contributed by atoms with Crippen LogP contribution < -0.4 is 4.74 Å². The Bertz CT molecular complexity index is 506. The molecule has 1 aromatic carbocycles. The van der Waals surface area contributed by atoms with Crippen LogP contribution in [0.1, 0.15) is 19.8 Å². The van der Waals surface area contributed by atoms with Crippen LogP contribution in [0.3, 0.4) is 0 Å². The van der Waals surface area contributed by atoms with Crippen LogP contribution in [0.5, 0.6) is 5.75 Å². The highest BCUT2D eigenvalue weighted by Gasteiger charge is 2.35. The number of sulfonamides is 1. The van der Waals surface area contributed by atoms with Crippen LogP contribution in [-0.4, -0.2) is 32.9 Å². The van der Waals surface area contributed by atoms with Crippen molar-refractivity contribution < 1.29 is 13.2 Å². The molecule has 1 atom stereocenters. The number of hydrogen-bond donors (Lipinski definition) is 0. The standard InChI is InChI=1S/C13H19NO3S/c1-10(11-4-5-11)14(2)18(15,16)13-8-6-12(17-3)7-9-13/h6-11H,4-5H2,1-3H3. The molecule has 1 saturated carbocycles. The first-order valence-electron chi connectivity index (χ1n) is 6.09. The second-order valence-corrected chi connectivity index (χ2v) is 6.77. The molecule has 1 fully saturated rings. The van der Waals surface area contributed by atoms with Crippen LogP contribution in [0.15, 0.2) is 29.2 Å². The lowest BCUT2D eigenvalue weighted by atomic mass is 10.2. The van der Waals surface area contributed by atoms with Gasteiger partial charge in [0.1, 0.15) is 5.75 Å². The van der Waals surface area contributed by atoms with Crippen molar-refractivity contribution in [2.45, 2.75) is 30.7 Å². The van der Waals surface area contributed by atoms with Crippen LogP contribution in [0, 0.1) is 5.92 Å². The predicted molar refractivity (Wildman–Crippen MR) is 70.1 cm³/mol. The number of nitrogens with zero attached hydrogens (tertiary/aromatic N) is 1. The van der Waals surface area contributed by atoms with Gasteiger partial charge in [-0.05, 0) is 49.9 Å². The molecule has 0 N–H and O–H groups in total. The van der Waals surface area contributed by atoms with Gasteiger partial charge < -0.3 is 4.74 Å². The zero-order valence-electron chi connectivity index (χ0n) is 11.0. The maximum atomic E-state index is 12.4. The third kappa shape index (κ3) is 2.52. The first-order valence-corrected chi connectivity index (χ1v) is 7.53. The van der Waals surface area contributed by atoms with Gasteiger partial charge >= 0.3 is 0 Å². The van der Waals surface area contributed by atoms with Gasteiger partial charge in [0, 0.05) is 13.1 Å². The first-order chi connectivity index (χ1) is 8.46. The summed E-state index contributed by atoms with van der Waals surface area (Å²) in [6.45, 7) is 1.97. The number of ether oxygens (including phenoxy) is 1. The highest BCUT2D eigenvalue weighted by atomic mass is 32.2. The van der Waals surface area contributed by atoms with Crippen molar-refractivity contribution in [3.8, 4) is 5.75 Å². The van der Waals surface area contributed by atoms with Gasteiger partial charge in [-0.25, -0.2) is 8.42 Å². The maximum absolute atomic E-state index is 12.4. The van der Waals surface area contributed by atoms with Crippen molar-refractivity contribution in [3.63, 3.8) is 0 Å². The molecule has 18 heavy (non-hydrogen) atoms. The summed E-state index contributed by atoms with van der Waals surface area (Å²) >= 11 is 0. The van der Waals surface area contributed by atoms with Crippen molar-refractivity contribution in [1.29, 1.82) is 0 Å². The van der Waals surface area contributed by atoms with Gasteiger partial charge in [-0.1, -0.05) is 0 Å². The largest absolute Gasteiger partial charge is 0.497 e. The van der Waals surface area contributed by atoms with Crippen LogP contribution in [-0.2, 0) is 10.0 Å². The number of hydrogen-bond acceptors (Lipinski definition) is 3. The molecule has 1 aromatic rings. The molecule has 0 spiro atoms. The van der Waals surface area contributed by atoms with Gasteiger partial charge in [-0.3, -0.25) is 0 Å². The van der Waals surface area contributed by atoms with E-state index in [1.807, 2.05) is 6.92 Å². The van der Waals surface area contributed by atoms with Gasteiger partial charge in [0.2, 0.25) is 10.0 Å². The monoisotopic (exact) mass is 269 g/mol. The average molecular weight is 269 g/mol. The minimum atomic E-state index is -3.39. The zero-order valence-corrected chi connectivity index (χ0v) is 11.8. The molecule has 0 aromatic heterocycles. The van der Waals surface area contributed by atoms with E-state index in [4.69, 9.17) is 4.74 Å². The molecule has 4 nitrogen and oxygen atoms in total. The summed E-state index contributed by atoms with van der Waals surface area (Å²) < 4.78 is 31.3. The second kappa shape index (κ2) is 4.90. The van der Waals surface area contributed by atoms with Crippen LogP contribution in [0.4, 0.5) is 0 Å². The summed E-state index contributed by atoms with van der Waals surface area (Å²) in [4.78, 5) is 0.318. The topological polar surface area (TPSA) is 46.6 Å². The van der Waals surface area contributed by atoms with Crippen LogP contribution in [0.25, 0.3) is 0 Å². The van der Waals surface area contributed by atoms with Gasteiger partial charge in [0.05, 0.1) is 12.0 Å². The van der Waals surface area contributed by atoms with E-state index in [2.05, 4.69) is 0 Å². The fourth-order valence-corrected chi connectivity index (χ4v) is 3.43. The smallest absolute Gasteiger partial charge is 0.243 e. The highest BCUT2D eigenvalue weighted by molar-refractivity contribution is 7.89. The molecule has 0 heterocycles. The summed E-state index contributed by atoms with van der Waals surface area (Å²) in [6.07, 6.45) is 2.26. The SMILES string of the molecule is COc1ccc(S(=O)(=O)N(C)C(C)C2CC2)cc1. The Balaban J connectivity index is 2.23. The van der Waals surface area contributed by atoms with Crippen LogP contribution >= 0.6 is 0 Å². The van der Waals surface area contributed by atoms with E-state index in [1.165, 1.54) is 4.31 Å². The molecule has 0 radical (unpaired) electrons. The van der Waals surface area contributed by atoms with E-state index >= 15 is 0 Å². The van der Waals surface area contributed by atoms with Crippen molar-refractivity contribution >= 4 is 10.0 Å². The summed E-state index contributed by atoms with van der Waals surface area (Å²) in [5, 5.41) is 0. The summed E-state index contributed by atoms with van der Waals surface area (Å²) in [7, 11) is -0.175. The van der Waals surface area contributed by atoms with E-state index in [9.17, 15) is 8.42 Å². The minimum Gasteiger partial charge on any atom is -0.497 e. The molecule has 100 valence electrons. The van der Waals surface area contributed by atoms with E-state index in [0.717, 1.165) is 12.8 Å². The lowest BCUT2D eigenvalue weighted by Crippen LogP contribution is -2.36. The fraction of sp³-hybridized carbons (Fsp3) is 0.538. The predicted octanol–water partition coefficient (Wildman–Crippen LogP) is 2.11. The molecular weight excluding hydrogens is 250 g/mol. The molecule has 1 aliphatic rings. The molecule has 0 aliphatic heterocycles. The zero-order chi connectivity index (χ0) is 13.3. The summed E-state index contributed by atoms with van der Waals surface area (Å²) in [5.74, 6) is 1.18. The number of benzene rings is 1. The molecule has 1 unspecified atom stereocenters. The minimum absolute atomic E-state index is 0.0668. The number of methoxy groups -OCH3 is 1. The van der Waals surface area contributed by atoms with E-state index < -0.39 is 10.0 Å². The third-order valence-corrected chi connectivity index (χ3v) is 5.57. The quantitative estimate of drug-likeness (QED) is 0.822. The molecular formula is C13H19NO3S. The Hall–Kier alpha value is -1.07. The lowest BCUT2D eigenvalue weighted by Gasteiger charge is -2.24. The fourth-order valence-electron chi connectivity index (χ4n) is 2.01. The van der Waals surface area contributed by atoms with Crippen molar-refractivity contribution in [2.24, 2.45) is 5.92 Å². The number of rotatable bonds is 5. The Morgan fingerprint density at radius 2 is 1.83 bits per heavy atom. The summed E-state index contributed by atoms with van der Waals surface area (Å²) in [5.41, 5.74) is 0. The van der Waals surface area contributed by atoms with Crippen molar-refractivity contribution in [3.05, 3.63) is 24.3 Å². The van der Waals surface area contributed by atoms with E-state index in [-0.39, 0.29) is 6.04 Å². The Morgan fingerprint density at radius 1 is 1.28 bits per heavy atom. The third-order valence-electron chi connectivity index (χ3n) is 3.61. The van der Waals surface area contributed by atoms with E-state index in [0.29, 0.717) is 16.6 Å². The van der Waals surface area contributed by atoms with Gasteiger partial charge in [-0.2, -0.15) is 4.31 Å². The van der Waals surface area contributed by atoms with Crippen LogP contribution in [0.2, 0.25) is 0 Å². The Morgan fingerprint density at radius 3 is 2.28 bits per heavy atom. The van der Waals surface area contributed by atoms with Gasteiger partial charge in [0.25, 0.3) is 0 Å². The maximum Gasteiger partial charge on any atom is 0.243 e. The molecule has 0 bridgehead atoms. The Kier molecular flexibility index (Phi) is 3.64. The van der Waals surface area contributed by atoms with Gasteiger partial charge in [0.15, 0.2) is 0 Å². The van der Waals surface area contributed by atoms with Gasteiger partial charge in [-0.15, -0.1) is 0 Å². The van der Waals surface area contributed by atoms with Crippen molar-refractivity contribution in [2.75, 3.05) is 14.2 Å². The lowest BCUT2D eigenvalue weighted by molar-refractivity contribution is 0.357. The average Bonchev–Trinajstić information content (AvgIpc) is 3.21. The molecule has 2 rings (SSSR count). The normalized spacial score (nSPS) is 17.8.